The van der Waals surface area contributed by atoms with Gasteiger partial charge in [0.1, 0.15) is 10.1 Å². The third kappa shape index (κ3) is 7.00. The number of ether oxygens (including phenoxy) is 2. The number of rotatable bonds is 9. The van der Waals surface area contributed by atoms with Crippen LogP contribution in [0.25, 0.3) is 16.8 Å². The van der Waals surface area contributed by atoms with Gasteiger partial charge in [-0.05, 0) is 47.0 Å². The fraction of sp³-hybridized carbons (Fsp3) is 0.222. The highest BCUT2D eigenvalue weighted by Gasteiger charge is 2.37. The number of amides is 2. The van der Waals surface area contributed by atoms with E-state index in [0.29, 0.717) is 40.1 Å². The molecule has 2 amide bonds. The van der Waals surface area contributed by atoms with Crippen LogP contribution in [-0.4, -0.2) is 51.3 Å². The van der Waals surface area contributed by atoms with Crippen molar-refractivity contribution in [3.8, 4) is 5.75 Å². The van der Waals surface area contributed by atoms with Gasteiger partial charge in [-0.25, -0.2) is 0 Å². The van der Waals surface area contributed by atoms with Crippen molar-refractivity contribution in [2.75, 3.05) is 20.3 Å². The number of halogens is 3. The van der Waals surface area contributed by atoms with Gasteiger partial charge in [-0.3, -0.25) is 14.5 Å². The average Bonchev–Trinajstić information content (AvgIpc) is 3.15. The van der Waals surface area contributed by atoms with E-state index in [2.05, 4.69) is 5.32 Å². The first kappa shape index (κ1) is 28.7. The summed E-state index contributed by atoms with van der Waals surface area (Å²) in [6, 6.07) is 19.7. The van der Waals surface area contributed by atoms with E-state index >= 15 is 0 Å². The summed E-state index contributed by atoms with van der Waals surface area (Å²) in [4.78, 5) is 27.9. The van der Waals surface area contributed by atoms with E-state index in [4.69, 9.17) is 56.5 Å². The maximum Gasteiger partial charge on any atom is 0.266 e. The molecule has 1 saturated heterocycles. The number of nitrogens with one attached hydrogen (secondary N) is 1. The number of carbonyl (C=O) groups excluding carboxylic acids is 2. The fourth-order valence-electron chi connectivity index (χ4n) is 3.79. The van der Waals surface area contributed by atoms with Crippen molar-refractivity contribution in [2.24, 2.45) is 0 Å². The fourth-order valence-corrected chi connectivity index (χ4v) is 5.39. The molecule has 6 nitrogen and oxygen atoms in total. The van der Waals surface area contributed by atoms with Crippen molar-refractivity contribution in [1.82, 2.24) is 10.2 Å². The molecule has 11 heteroatoms. The quantitative estimate of drug-likeness (QED) is 0.0972. The number of hydrogen-bond donors (Lipinski definition) is 1. The van der Waals surface area contributed by atoms with Crippen LogP contribution in [0.2, 0.25) is 0 Å². The summed E-state index contributed by atoms with van der Waals surface area (Å²) in [6.45, 7) is 1.06. The van der Waals surface area contributed by atoms with Gasteiger partial charge in [0.15, 0.2) is 0 Å². The maximum absolute atomic E-state index is 13.1. The topological polar surface area (TPSA) is 67.9 Å². The number of benzene rings is 3. The molecule has 0 bridgehead atoms. The zero-order chi connectivity index (χ0) is 27.3. The van der Waals surface area contributed by atoms with Gasteiger partial charge >= 0.3 is 0 Å². The first-order valence-corrected chi connectivity index (χ1v) is 13.9. The molecule has 1 N–H and O–H groups in total. The number of carbonyl (C=O) groups is 2. The van der Waals surface area contributed by atoms with Crippen molar-refractivity contribution >= 4 is 91.8 Å². The van der Waals surface area contributed by atoms with Crippen LogP contribution < -0.4 is 10.1 Å². The van der Waals surface area contributed by atoms with Crippen molar-refractivity contribution < 1.29 is 19.1 Å². The number of methoxy groups -OCH3 is 1. The summed E-state index contributed by atoms with van der Waals surface area (Å²) in [5.74, 6) is -0.213. The highest BCUT2D eigenvalue weighted by atomic mass is 35.6. The number of nitrogens with zero attached hydrogens (tertiary/aromatic N) is 1. The van der Waals surface area contributed by atoms with Gasteiger partial charge in [0.25, 0.3) is 11.8 Å². The van der Waals surface area contributed by atoms with Crippen LogP contribution in [0.3, 0.4) is 0 Å². The zero-order valence-corrected chi connectivity index (χ0v) is 24.1. The van der Waals surface area contributed by atoms with Gasteiger partial charge < -0.3 is 14.8 Å². The molecule has 0 aromatic heterocycles. The molecular weight excluding hydrogens is 587 g/mol. The van der Waals surface area contributed by atoms with Crippen LogP contribution in [-0.2, 0) is 9.53 Å². The van der Waals surface area contributed by atoms with Crippen molar-refractivity contribution in [3.05, 3.63) is 82.8 Å². The molecule has 3 aromatic carbocycles. The third-order valence-corrected chi connectivity index (χ3v) is 7.60. The monoisotopic (exact) mass is 608 g/mol. The highest BCUT2D eigenvalue weighted by Crippen LogP contribution is 2.34. The minimum atomic E-state index is -1.95. The smallest absolute Gasteiger partial charge is 0.266 e. The standard InChI is InChI=1S/C27H23Cl3N2O4S2/c1-35-15-5-14-32-24(34)22(38-26(32)37)16-17-10-12-19(13-11-17)36-25(27(28,29)30)31-23(33)21-9-4-7-18-6-2-3-8-20(18)21/h2-4,6-13,16,25H,5,14-15H2,1H3,(H,31,33)/b22-16-. The molecule has 1 unspecified atom stereocenters. The Bertz CT molecular complexity index is 1370. The van der Waals surface area contributed by atoms with Gasteiger partial charge in [0.2, 0.25) is 10.0 Å². The predicted octanol–water partition coefficient (Wildman–Crippen LogP) is 6.58. The van der Waals surface area contributed by atoms with Crippen LogP contribution in [0.1, 0.15) is 22.3 Å². The number of thioether (sulfide) groups is 1. The van der Waals surface area contributed by atoms with Gasteiger partial charge in [-0.15, -0.1) is 0 Å². The third-order valence-electron chi connectivity index (χ3n) is 5.63. The molecule has 4 rings (SSSR count). The normalized spacial score (nSPS) is 15.8. The van der Waals surface area contributed by atoms with E-state index in [-0.39, 0.29) is 5.91 Å². The Morgan fingerprint density at radius 1 is 1.11 bits per heavy atom. The SMILES string of the molecule is COCCCN1C(=O)/C(=C/c2ccc(OC(NC(=O)c3cccc4ccccc34)C(Cl)(Cl)Cl)cc2)SC1=S. The molecule has 1 heterocycles. The molecule has 0 radical (unpaired) electrons. The van der Waals surface area contributed by atoms with Crippen molar-refractivity contribution in [1.29, 1.82) is 0 Å². The van der Waals surface area contributed by atoms with Gasteiger partial charge in [-0.2, -0.15) is 0 Å². The van der Waals surface area contributed by atoms with Crippen LogP contribution >= 0.6 is 58.8 Å². The number of thiocarbonyl (C=S) groups is 1. The van der Waals surface area contributed by atoms with Crippen LogP contribution in [0, 0.1) is 0 Å². The van der Waals surface area contributed by atoms with Gasteiger partial charge in [0, 0.05) is 25.8 Å². The Kier molecular flexibility index (Phi) is 9.57. The first-order chi connectivity index (χ1) is 18.2. The average molecular weight is 610 g/mol. The predicted molar refractivity (Wildman–Crippen MR) is 159 cm³/mol. The summed E-state index contributed by atoms with van der Waals surface area (Å²) in [6.07, 6.45) is 1.19. The lowest BCUT2D eigenvalue weighted by molar-refractivity contribution is -0.122. The largest absolute Gasteiger partial charge is 0.466 e. The minimum absolute atomic E-state index is 0.135. The molecule has 1 atom stereocenters. The number of fused-ring (bicyclic) bond motifs is 1. The van der Waals surface area contributed by atoms with E-state index in [1.54, 1.807) is 54.5 Å². The lowest BCUT2D eigenvalue weighted by atomic mass is 10.0. The summed E-state index contributed by atoms with van der Waals surface area (Å²) < 4.78 is 9.48. The molecule has 38 heavy (non-hydrogen) atoms. The summed E-state index contributed by atoms with van der Waals surface area (Å²) in [5, 5.41) is 4.36. The molecule has 0 aliphatic carbocycles. The zero-order valence-electron chi connectivity index (χ0n) is 20.2. The second-order valence-electron chi connectivity index (χ2n) is 8.29. The second kappa shape index (κ2) is 12.7. The molecule has 1 fully saturated rings. The first-order valence-electron chi connectivity index (χ1n) is 11.5. The Morgan fingerprint density at radius 2 is 1.82 bits per heavy atom. The molecular formula is C27H23Cl3N2O4S2. The van der Waals surface area contributed by atoms with Crippen molar-refractivity contribution in [3.63, 3.8) is 0 Å². The van der Waals surface area contributed by atoms with E-state index < -0.39 is 15.9 Å². The van der Waals surface area contributed by atoms with E-state index in [0.717, 1.165) is 16.3 Å². The Hall–Kier alpha value is -2.33. The molecule has 3 aromatic rings. The molecule has 198 valence electrons. The highest BCUT2D eigenvalue weighted by molar-refractivity contribution is 8.26. The van der Waals surface area contributed by atoms with E-state index in [9.17, 15) is 9.59 Å². The molecule has 1 aliphatic heterocycles. The van der Waals surface area contributed by atoms with Crippen molar-refractivity contribution in [2.45, 2.75) is 16.4 Å². The lowest BCUT2D eigenvalue weighted by Gasteiger charge is -2.26. The maximum atomic E-state index is 13.1. The van der Waals surface area contributed by atoms with E-state index in [1.165, 1.54) is 11.8 Å². The van der Waals surface area contributed by atoms with Gasteiger partial charge in [-0.1, -0.05) is 107 Å². The van der Waals surface area contributed by atoms with E-state index in [1.807, 2.05) is 30.3 Å². The Balaban J connectivity index is 1.46. The molecule has 0 spiro atoms. The number of alkyl halides is 3. The van der Waals surface area contributed by atoms with Gasteiger partial charge in [0.05, 0.1) is 4.91 Å². The van der Waals surface area contributed by atoms with Crippen LogP contribution in [0.15, 0.2) is 71.6 Å². The molecule has 1 aliphatic rings. The summed E-state index contributed by atoms with van der Waals surface area (Å²) in [7, 11) is 1.62. The number of hydrogen-bond acceptors (Lipinski definition) is 6. The Morgan fingerprint density at radius 3 is 2.53 bits per heavy atom. The van der Waals surface area contributed by atoms with Crippen LogP contribution in [0.5, 0.6) is 5.75 Å². The minimum Gasteiger partial charge on any atom is -0.466 e. The summed E-state index contributed by atoms with van der Waals surface area (Å²) >= 11 is 25.1. The lowest BCUT2D eigenvalue weighted by Crippen LogP contribution is -2.47. The van der Waals surface area contributed by atoms with Crippen LogP contribution in [0.4, 0.5) is 0 Å². The Labute approximate surface area is 245 Å². The summed E-state index contributed by atoms with van der Waals surface area (Å²) in [5.41, 5.74) is 1.20. The second-order valence-corrected chi connectivity index (χ2v) is 12.3. The molecule has 0 saturated carbocycles.